The molecule has 0 aliphatic carbocycles. The maximum Gasteiger partial charge on any atom is 0.0575 e. The lowest BCUT2D eigenvalue weighted by Gasteiger charge is -2.24. The lowest BCUT2D eigenvalue weighted by atomic mass is 10.0. The van der Waals surface area contributed by atoms with Crippen LogP contribution >= 0.6 is 0 Å². The van der Waals surface area contributed by atoms with Crippen LogP contribution in [0.2, 0.25) is 0 Å². The Hall–Kier alpha value is -1.67. The van der Waals surface area contributed by atoms with Crippen molar-refractivity contribution in [1.82, 2.24) is 9.88 Å². The topological polar surface area (TPSA) is 16.1 Å². The highest BCUT2D eigenvalue weighted by molar-refractivity contribution is 5.25. The van der Waals surface area contributed by atoms with E-state index in [9.17, 15) is 0 Å². The molecule has 1 saturated heterocycles. The summed E-state index contributed by atoms with van der Waals surface area (Å²) in [6.07, 6.45) is 6.87. The van der Waals surface area contributed by atoms with Gasteiger partial charge < -0.3 is 0 Å². The van der Waals surface area contributed by atoms with Crippen LogP contribution in [0.3, 0.4) is 0 Å². The molecular weight excluding hydrogens is 256 g/mol. The highest BCUT2D eigenvalue weighted by Crippen LogP contribution is 2.30. The van der Waals surface area contributed by atoms with Crippen LogP contribution in [0.25, 0.3) is 0 Å². The third kappa shape index (κ3) is 3.51. The third-order valence-corrected chi connectivity index (χ3v) is 4.55. The van der Waals surface area contributed by atoms with Gasteiger partial charge >= 0.3 is 0 Å². The first-order valence-corrected chi connectivity index (χ1v) is 8.04. The van der Waals surface area contributed by atoms with Crippen LogP contribution < -0.4 is 0 Å². The van der Waals surface area contributed by atoms with E-state index in [1.54, 1.807) is 0 Å². The number of aryl methyl sites for hydroxylation is 2. The Morgan fingerprint density at radius 2 is 2.00 bits per heavy atom. The van der Waals surface area contributed by atoms with Gasteiger partial charge in [-0.05, 0) is 69.0 Å². The summed E-state index contributed by atoms with van der Waals surface area (Å²) in [7, 11) is 0. The summed E-state index contributed by atoms with van der Waals surface area (Å²) in [6.45, 7) is 4.60. The summed E-state index contributed by atoms with van der Waals surface area (Å²) in [5.74, 6) is 0. The predicted molar refractivity (Wildman–Crippen MR) is 87.3 cm³/mol. The second kappa shape index (κ2) is 6.86. The van der Waals surface area contributed by atoms with E-state index in [0.29, 0.717) is 6.04 Å². The zero-order valence-electron chi connectivity index (χ0n) is 12.8. The third-order valence-electron chi connectivity index (χ3n) is 4.55. The molecule has 2 heteroatoms. The summed E-state index contributed by atoms with van der Waals surface area (Å²) in [5, 5.41) is 0. The highest BCUT2D eigenvalue weighted by Gasteiger charge is 2.26. The van der Waals surface area contributed by atoms with Crippen molar-refractivity contribution in [2.45, 2.75) is 38.6 Å². The van der Waals surface area contributed by atoms with Crippen LogP contribution in [0.4, 0.5) is 0 Å². The Morgan fingerprint density at radius 3 is 2.81 bits per heavy atom. The van der Waals surface area contributed by atoms with Crippen LogP contribution in [0.5, 0.6) is 0 Å². The van der Waals surface area contributed by atoms with Gasteiger partial charge in [-0.3, -0.25) is 9.88 Å². The molecular formula is C19H24N2. The average molecular weight is 280 g/mol. The molecule has 1 unspecified atom stereocenters. The molecule has 1 aromatic heterocycles. The van der Waals surface area contributed by atoms with E-state index in [1.165, 1.54) is 55.6 Å². The van der Waals surface area contributed by atoms with Crippen LogP contribution in [0, 0.1) is 6.92 Å². The molecule has 0 saturated carbocycles. The molecule has 0 spiro atoms. The molecule has 1 atom stereocenters. The normalized spacial score (nSPS) is 19.0. The van der Waals surface area contributed by atoms with E-state index in [4.69, 9.17) is 0 Å². The molecule has 2 nitrogen and oxygen atoms in total. The van der Waals surface area contributed by atoms with Gasteiger partial charge in [0.25, 0.3) is 0 Å². The number of hydrogen-bond donors (Lipinski definition) is 0. The molecule has 2 heterocycles. The maximum absolute atomic E-state index is 4.55. The quantitative estimate of drug-likeness (QED) is 0.817. The summed E-state index contributed by atoms with van der Waals surface area (Å²) in [4.78, 5) is 7.16. The lowest BCUT2D eigenvalue weighted by Crippen LogP contribution is -2.25. The van der Waals surface area contributed by atoms with Crippen LogP contribution in [-0.2, 0) is 6.42 Å². The van der Waals surface area contributed by atoms with Crippen LogP contribution in [0.1, 0.15) is 42.1 Å². The van der Waals surface area contributed by atoms with E-state index in [-0.39, 0.29) is 0 Å². The molecule has 110 valence electrons. The zero-order chi connectivity index (χ0) is 14.5. The Bertz CT molecular complexity index is 565. The molecule has 2 aromatic rings. The van der Waals surface area contributed by atoms with Gasteiger partial charge in [-0.2, -0.15) is 0 Å². The summed E-state index contributed by atoms with van der Waals surface area (Å²) < 4.78 is 0. The summed E-state index contributed by atoms with van der Waals surface area (Å²) in [5.41, 5.74) is 4.15. The monoisotopic (exact) mass is 280 g/mol. The lowest BCUT2D eigenvalue weighted by molar-refractivity contribution is 0.250. The van der Waals surface area contributed by atoms with E-state index in [1.807, 2.05) is 12.3 Å². The van der Waals surface area contributed by atoms with Gasteiger partial charge in [-0.1, -0.05) is 30.3 Å². The summed E-state index contributed by atoms with van der Waals surface area (Å²) >= 11 is 0. The summed E-state index contributed by atoms with van der Waals surface area (Å²) in [6, 6.07) is 15.5. The second-order valence-electron chi connectivity index (χ2n) is 5.98. The minimum atomic E-state index is 0.531. The Balaban J connectivity index is 1.56. The van der Waals surface area contributed by atoms with Crippen LogP contribution in [0.15, 0.2) is 48.7 Å². The number of aromatic nitrogens is 1. The average Bonchev–Trinajstić information content (AvgIpc) is 2.99. The number of pyridine rings is 1. The van der Waals surface area contributed by atoms with Gasteiger partial charge in [0.05, 0.1) is 11.7 Å². The molecule has 0 bridgehead atoms. The van der Waals surface area contributed by atoms with E-state index in [2.05, 4.69) is 53.2 Å². The molecule has 3 rings (SSSR count). The van der Waals surface area contributed by atoms with Crippen molar-refractivity contribution in [3.63, 3.8) is 0 Å². The number of nitrogens with zero attached hydrogens (tertiary/aromatic N) is 2. The fraction of sp³-hybridized carbons (Fsp3) is 0.421. The van der Waals surface area contributed by atoms with Crippen molar-refractivity contribution >= 4 is 0 Å². The first-order chi connectivity index (χ1) is 10.3. The van der Waals surface area contributed by atoms with Crippen LogP contribution in [-0.4, -0.2) is 23.0 Å². The molecule has 0 N–H and O–H groups in total. The molecule has 1 aliphatic rings. The highest BCUT2D eigenvalue weighted by atomic mass is 15.2. The molecule has 0 radical (unpaired) electrons. The van der Waals surface area contributed by atoms with E-state index in [0.717, 1.165) is 0 Å². The smallest absolute Gasteiger partial charge is 0.0575 e. The fourth-order valence-electron chi connectivity index (χ4n) is 3.36. The van der Waals surface area contributed by atoms with Gasteiger partial charge in [0.15, 0.2) is 0 Å². The maximum atomic E-state index is 4.55. The first kappa shape index (κ1) is 14.3. The van der Waals surface area contributed by atoms with Crippen molar-refractivity contribution in [1.29, 1.82) is 0 Å². The number of benzene rings is 1. The number of rotatable bonds is 5. The van der Waals surface area contributed by atoms with Crippen molar-refractivity contribution in [3.8, 4) is 0 Å². The minimum absolute atomic E-state index is 0.531. The Labute approximate surface area is 127 Å². The predicted octanol–water partition coefficient (Wildman–Crippen LogP) is 4.16. The Kier molecular flexibility index (Phi) is 4.66. The molecule has 0 amide bonds. The Morgan fingerprint density at radius 1 is 1.14 bits per heavy atom. The molecule has 1 fully saturated rings. The second-order valence-corrected chi connectivity index (χ2v) is 5.98. The SMILES string of the molecule is Cc1ccccc1CCCN1CCCC1c1ccccn1. The van der Waals surface area contributed by atoms with Crippen molar-refractivity contribution < 1.29 is 0 Å². The van der Waals surface area contributed by atoms with Gasteiger partial charge in [-0.25, -0.2) is 0 Å². The van der Waals surface area contributed by atoms with Gasteiger partial charge in [0.2, 0.25) is 0 Å². The van der Waals surface area contributed by atoms with Crippen molar-refractivity contribution in [3.05, 3.63) is 65.5 Å². The molecule has 21 heavy (non-hydrogen) atoms. The van der Waals surface area contributed by atoms with Gasteiger partial charge in [0, 0.05) is 6.20 Å². The molecule has 1 aliphatic heterocycles. The standard InChI is InChI=1S/C19H24N2/c1-16-8-2-3-9-17(16)10-6-14-21-15-7-12-19(21)18-11-4-5-13-20-18/h2-5,8-9,11,13,19H,6-7,10,12,14-15H2,1H3. The minimum Gasteiger partial charge on any atom is -0.295 e. The molecule has 1 aromatic carbocycles. The van der Waals surface area contributed by atoms with Gasteiger partial charge in [0.1, 0.15) is 0 Å². The fourth-order valence-corrected chi connectivity index (χ4v) is 3.36. The first-order valence-electron chi connectivity index (χ1n) is 8.04. The van der Waals surface area contributed by atoms with Crippen molar-refractivity contribution in [2.75, 3.05) is 13.1 Å². The zero-order valence-corrected chi connectivity index (χ0v) is 12.8. The number of likely N-dealkylation sites (tertiary alicyclic amines) is 1. The number of hydrogen-bond acceptors (Lipinski definition) is 2. The van der Waals surface area contributed by atoms with Gasteiger partial charge in [-0.15, -0.1) is 0 Å². The largest absolute Gasteiger partial charge is 0.295 e. The van der Waals surface area contributed by atoms with E-state index < -0.39 is 0 Å². The van der Waals surface area contributed by atoms with Crippen molar-refractivity contribution in [2.24, 2.45) is 0 Å². The van der Waals surface area contributed by atoms with E-state index >= 15 is 0 Å².